The minimum absolute atomic E-state index is 0.00164. The number of carbonyl (C=O) groups is 2. The average Bonchev–Trinajstić information content (AvgIpc) is 3.26. The van der Waals surface area contributed by atoms with Gasteiger partial charge in [0.05, 0.1) is 6.04 Å². The van der Waals surface area contributed by atoms with Gasteiger partial charge in [-0.2, -0.15) is 0 Å². The molecule has 1 N–H and O–H groups in total. The first-order valence-corrected chi connectivity index (χ1v) is 9.89. The van der Waals surface area contributed by atoms with E-state index >= 15 is 0 Å². The molecule has 1 aliphatic heterocycles. The van der Waals surface area contributed by atoms with Gasteiger partial charge in [-0.1, -0.05) is 36.4 Å². The van der Waals surface area contributed by atoms with Gasteiger partial charge in [0, 0.05) is 54.3 Å². The first-order valence-electron chi connectivity index (χ1n) is 9.89. The number of aromatic nitrogens is 1. The van der Waals surface area contributed by atoms with Gasteiger partial charge in [-0.15, -0.1) is 0 Å². The lowest BCUT2D eigenvalue weighted by Crippen LogP contribution is -2.36. The van der Waals surface area contributed by atoms with Crippen LogP contribution < -0.4 is 0 Å². The molecule has 0 bridgehead atoms. The predicted octanol–water partition coefficient (Wildman–Crippen LogP) is 3.97. The van der Waals surface area contributed by atoms with E-state index in [0.717, 1.165) is 27.6 Å². The number of aromatic amines is 1. The van der Waals surface area contributed by atoms with Crippen LogP contribution in [0, 0.1) is 0 Å². The molecule has 4 rings (SSSR count). The molecule has 3 aromatic rings. The summed E-state index contributed by atoms with van der Waals surface area (Å²) < 4.78 is 0. The third kappa shape index (κ3) is 2.97. The summed E-state index contributed by atoms with van der Waals surface area (Å²) in [6.45, 7) is 5.75. The van der Waals surface area contributed by atoms with Crippen molar-refractivity contribution in [3.63, 3.8) is 0 Å². The lowest BCUT2D eigenvalue weighted by atomic mass is 9.97. The number of amides is 2. The van der Waals surface area contributed by atoms with E-state index in [1.807, 2.05) is 72.3 Å². The van der Waals surface area contributed by atoms with Crippen LogP contribution in [-0.4, -0.2) is 46.2 Å². The molecular formula is C23H25N3O2. The van der Waals surface area contributed by atoms with E-state index in [1.54, 1.807) is 0 Å². The van der Waals surface area contributed by atoms with Crippen molar-refractivity contribution in [2.45, 2.75) is 26.3 Å². The van der Waals surface area contributed by atoms with Crippen molar-refractivity contribution < 1.29 is 9.59 Å². The minimum atomic E-state index is -0.177. The van der Waals surface area contributed by atoms with Crippen LogP contribution in [0.5, 0.6) is 0 Å². The third-order valence-corrected chi connectivity index (χ3v) is 5.66. The molecule has 0 radical (unpaired) electrons. The second-order valence-corrected chi connectivity index (χ2v) is 7.09. The molecule has 5 nitrogen and oxygen atoms in total. The monoisotopic (exact) mass is 375 g/mol. The number of hydrogen-bond donors (Lipinski definition) is 1. The molecule has 2 aromatic carbocycles. The van der Waals surface area contributed by atoms with Crippen LogP contribution in [0.4, 0.5) is 0 Å². The smallest absolute Gasteiger partial charge is 0.255 e. The Labute approximate surface area is 165 Å². The zero-order valence-corrected chi connectivity index (χ0v) is 16.3. The SMILES string of the molecule is CCN(CC)C(=O)CCN1C(=O)c2ccccc2[C@@H]1c1c[nH]c2ccccc12. The van der Waals surface area contributed by atoms with Crippen molar-refractivity contribution in [3.05, 3.63) is 71.4 Å². The molecule has 0 unspecified atom stereocenters. The van der Waals surface area contributed by atoms with Gasteiger partial charge in [-0.05, 0) is 31.5 Å². The molecule has 0 aliphatic carbocycles. The Bertz CT molecular complexity index is 1020. The van der Waals surface area contributed by atoms with Crippen LogP contribution in [-0.2, 0) is 4.79 Å². The van der Waals surface area contributed by atoms with Crippen molar-refractivity contribution in [3.8, 4) is 0 Å². The fourth-order valence-corrected chi connectivity index (χ4v) is 4.21. The van der Waals surface area contributed by atoms with Crippen LogP contribution in [0.2, 0.25) is 0 Å². The Morgan fingerprint density at radius 2 is 1.75 bits per heavy atom. The number of nitrogens with zero attached hydrogens (tertiary/aromatic N) is 2. The van der Waals surface area contributed by atoms with E-state index in [4.69, 9.17) is 0 Å². The van der Waals surface area contributed by atoms with Crippen molar-refractivity contribution in [1.82, 2.24) is 14.8 Å². The molecule has 1 atom stereocenters. The molecule has 0 spiro atoms. The van der Waals surface area contributed by atoms with Gasteiger partial charge < -0.3 is 14.8 Å². The van der Waals surface area contributed by atoms with E-state index in [1.165, 1.54) is 0 Å². The molecular weight excluding hydrogens is 350 g/mol. The Morgan fingerprint density at radius 3 is 2.54 bits per heavy atom. The Kier molecular flexibility index (Phi) is 4.90. The number of hydrogen-bond acceptors (Lipinski definition) is 2. The van der Waals surface area contributed by atoms with Crippen molar-refractivity contribution in [2.75, 3.05) is 19.6 Å². The number of para-hydroxylation sites is 1. The van der Waals surface area contributed by atoms with E-state index < -0.39 is 0 Å². The number of carbonyl (C=O) groups excluding carboxylic acids is 2. The zero-order valence-electron chi connectivity index (χ0n) is 16.3. The summed E-state index contributed by atoms with van der Waals surface area (Å²) in [4.78, 5) is 32.7. The maximum Gasteiger partial charge on any atom is 0.255 e. The highest BCUT2D eigenvalue weighted by molar-refractivity contribution is 6.01. The average molecular weight is 375 g/mol. The summed E-state index contributed by atoms with van der Waals surface area (Å²) in [5.74, 6) is 0.0876. The van der Waals surface area contributed by atoms with Gasteiger partial charge in [-0.3, -0.25) is 9.59 Å². The summed E-state index contributed by atoms with van der Waals surface area (Å²) >= 11 is 0. The molecule has 2 amide bonds. The molecule has 2 heterocycles. The summed E-state index contributed by atoms with van der Waals surface area (Å²) in [5.41, 5.74) is 3.86. The molecule has 0 saturated carbocycles. The van der Waals surface area contributed by atoms with Crippen LogP contribution in [0.3, 0.4) is 0 Å². The second-order valence-electron chi connectivity index (χ2n) is 7.09. The van der Waals surface area contributed by atoms with Crippen LogP contribution in [0.25, 0.3) is 10.9 Å². The fraction of sp³-hybridized carbons (Fsp3) is 0.304. The van der Waals surface area contributed by atoms with E-state index in [9.17, 15) is 9.59 Å². The number of nitrogens with one attached hydrogen (secondary N) is 1. The highest BCUT2D eigenvalue weighted by Gasteiger charge is 2.38. The summed E-state index contributed by atoms with van der Waals surface area (Å²) in [7, 11) is 0. The number of rotatable bonds is 6. The topological polar surface area (TPSA) is 56.4 Å². The van der Waals surface area contributed by atoms with Crippen molar-refractivity contribution >= 4 is 22.7 Å². The normalized spacial score (nSPS) is 15.9. The van der Waals surface area contributed by atoms with E-state index in [0.29, 0.717) is 26.1 Å². The lowest BCUT2D eigenvalue weighted by molar-refractivity contribution is -0.131. The Hall–Kier alpha value is -3.08. The van der Waals surface area contributed by atoms with Gasteiger partial charge in [0.25, 0.3) is 5.91 Å². The van der Waals surface area contributed by atoms with Gasteiger partial charge in [0.1, 0.15) is 0 Å². The van der Waals surface area contributed by atoms with Crippen LogP contribution in [0.15, 0.2) is 54.7 Å². The largest absolute Gasteiger partial charge is 0.361 e. The van der Waals surface area contributed by atoms with Crippen LogP contribution >= 0.6 is 0 Å². The molecule has 1 aliphatic rings. The molecule has 28 heavy (non-hydrogen) atoms. The lowest BCUT2D eigenvalue weighted by Gasteiger charge is -2.26. The molecule has 0 saturated heterocycles. The Morgan fingerprint density at radius 1 is 1.04 bits per heavy atom. The quantitative estimate of drug-likeness (QED) is 0.709. The molecule has 144 valence electrons. The number of benzene rings is 2. The minimum Gasteiger partial charge on any atom is -0.361 e. The highest BCUT2D eigenvalue weighted by atomic mass is 16.2. The number of H-pyrrole nitrogens is 1. The van der Waals surface area contributed by atoms with Crippen molar-refractivity contribution in [1.29, 1.82) is 0 Å². The summed E-state index contributed by atoms with van der Waals surface area (Å²) in [6, 6.07) is 15.7. The summed E-state index contributed by atoms with van der Waals surface area (Å²) in [6.07, 6.45) is 2.32. The first-order chi connectivity index (χ1) is 13.7. The van der Waals surface area contributed by atoms with Gasteiger partial charge in [0.2, 0.25) is 5.91 Å². The van der Waals surface area contributed by atoms with Gasteiger partial charge >= 0.3 is 0 Å². The number of fused-ring (bicyclic) bond motifs is 2. The van der Waals surface area contributed by atoms with Gasteiger partial charge in [0.15, 0.2) is 0 Å². The Balaban J connectivity index is 1.70. The highest BCUT2D eigenvalue weighted by Crippen LogP contribution is 2.41. The van der Waals surface area contributed by atoms with Gasteiger partial charge in [-0.25, -0.2) is 0 Å². The van der Waals surface area contributed by atoms with E-state index in [-0.39, 0.29) is 17.9 Å². The zero-order chi connectivity index (χ0) is 19.7. The predicted molar refractivity (Wildman–Crippen MR) is 110 cm³/mol. The maximum atomic E-state index is 13.2. The first kappa shape index (κ1) is 18.3. The molecule has 5 heteroatoms. The standard InChI is InChI=1S/C23H25N3O2/c1-3-25(4-2)21(27)13-14-26-22(17-10-5-6-11-18(17)23(26)28)19-15-24-20-12-8-7-9-16(19)20/h5-12,15,22,24H,3-4,13-14H2,1-2H3/t22-/m1/s1. The molecule has 0 fully saturated rings. The fourth-order valence-electron chi connectivity index (χ4n) is 4.21. The van der Waals surface area contributed by atoms with Crippen molar-refractivity contribution in [2.24, 2.45) is 0 Å². The van der Waals surface area contributed by atoms with E-state index in [2.05, 4.69) is 11.1 Å². The summed E-state index contributed by atoms with van der Waals surface area (Å²) in [5, 5.41) is 1.11. The molecule has 1 aromatic heterocycles. The third-order valence-electron chi connectivity index (χ3n) is 5.66. The second kappa shape index (κ2) is 7.50. The van der Waals surface area contributed by atoms with Crippen LogP contribution in [0.1, 0.15) is 47.8 Å². The maximum absolute atomic E-state index is 13.2.